The fourth-order valence-electron chi connectivity index (χ4n) is 8.27. The normalized spacial score (nSPS) is 12.0. The lowest BCUT2D eigenvalue weighted by Crippen LogP contribution is -2.58. The second-order valence-corrected chi connectivity index (χ2v) is 14.7. The predicted molar refractivity (Wildman–Crippen MR) is 201 cm³/mol. The van der Waals surface area contributed by atoms with Crippen LogP contribution in [0.2, 0.25) is 0 Å². The average Bonchev–Trinajstić information content (AvgIpc) is 3.32. The minimum atomic E-state index is -2.99. The number of ether oxygens (including phenoxy) is 1. The summed E-state index contributed by atoms with van der Waals surface area (Å²) >= 11 is 0. The van der Waals surface area contributed by atoms with Crippen LogP contribution >= 0.6 is 0 Å². The van der Waals surface area contributed by atoms with Crippen LogP contribution in [0, 0.1) is 116 Å². The van der Waals surface area contributed by atoms with Crippen LogP contribution < -0.4 is 37.5 Å². The van der Waals surface area contributed by atoms with Crippen molar-refractivity contribution in [2.45, 2.75) is 0 Å². The molecule has 1 heterocycles. The zero-order valence-electron chi connectivity index (χ0n) is 31.9. The third-order valence-electron chi connectivity index (χ3n) is 11.3. The van der Waals surface area contributed by atoms with E-state index in [4.69, 9.17) is 4.74 Å². The molecule has 0 amide bonds. The SMILES string of the molecule is Fc1c(F)c(F)c(B(c2ccc3c(c2)Oc2cccc4c2c-3cc2ccc(B(c3c(F)c(F)c(F)c(F)c3F)c3c(F)c(F)c(F)c(F)c3F)cc24)c2c(F)c(F)c(F)c(F)c2F)c(F)c1F. The molecule has 9 rings (SSSR count). The molecule has 1 aliphatic heterocycles. The molecule has 0 saturated heterocycles. The zero-order chi connectivity index (χ0) is 48.6. The summed E-state index contributed by atoms with van der Waals surface area (Å²) in [6.07, 6.45) is 0. The number of benzene rings is 8. The van der Waals surface area contributed by atoms with Gasteiger partial charge in [-0.1, -0.05) is 53.4 Å². The fraction of sp³-hybridized carbons (Fsp3) is 0. The highest BCUT2D eigenvalue weighted by molar-refractivity contribution is 6.96. The Kier molecular flexibility index (Phi) is 10.6. The number of fused-ring (bicyclic) bond motifs is 4. The minimum Gasteiger partial charge on any atom is -0.456 e. The van der Waals surface area contributed by atoms with Crippen LogP contribution in [0.4, 0.5) is 87.8 Å². The van der Waals surface area contributed by atoms with Crippen molar-refractivity contribution in [2.24, 2.45) is 0 Å². The van der Waals surface area contributed by atoms with Gasteiger partial charge in [-0.15, -0.1) is 0 Å². The molecular formula is C44H10B2F20O. The molecule has 0 radical (unpaired) electrons. The van der Waals surface area contributed by atoms with Crippen molar-refractivity contribution in [1.29, 1.82) is 0 Å². The summed E-state index contributed by atoms with van der Waals surface area (Å²) in [5.74, 6) is -54.5. The quantitative estimate of drug-likeness (QED) is 0.0531. The Bertz CT molecular complexity index is 3290. The Labute approximate surface area is 359 Å². The third-order valence-corrected chi connectivity index (χ3v) is 11.3. The minimum absolute atomic E-state index is 0.0100. The molecule has 0 bridgehead atoms. The maximum Gasteiger partial charge on any atom is 0.257 e. The van der Waals surface area contributed by atoms with Crippen LogP contribution in [0.5, 0.6) is 11.5 Å². The molecule has 1 nitrogen and oxygen atoms in total. The maximum absolute atomic E-state index is 15.5. The number of hydrogen-bond donors (Lipinski definition) is 0. The summed E-state index contributed by atoms with van der Waals surface area (Å²) in [6, 6.07) is 10.1. The van der Waals surface area contributed by atoms with E-state index in [0.29, 0.717) is 6.07 Å². The molecule has 0 aromatic heterocycles. The molecule has 0 unspecified atom stereocenters. The summed E-state index contributed by atoms with van der Waals surface area (Å²) in [5.41, 5.74) is -9.82. The van der Waals surface area contributed by atoms with Gasteiger partial charge in [-0.05, 0) is 39.9 Å². The molecule has 23 heteroatoms. The molecular weight excluding hydrogens is 946 g/mol. The fourth-order valence-corrected chi connectivity index (χ4v) is 8.27. The first-order chi connectivity index (χ1) is 31.6. The van der Waals surface area contributed by atoms with Crippen molar-refractivity contribution in [3.05, 3.63) is 177 Å². The lowest BCUT2D eigenvalue weighted by molar-refractivity contribution is 0.382. The van der Waals surface area contributed by atoms with E-state index >= 15 is 35.1 Å². The Hall–Kier alpha value is -7.19. The monoisotopic (exact) mass is 956 g/mol. The average molecular weight is 956 g/mol. The van der Waals surface area contributed by atoms with Crippen molar-refractivity contribution in [3.63, 3.8) is 0 Å². The first-order valence-corrected chi connectivity index (χ1v) is 18.5. The van der Waals surface area contributed by atoms with Gasteiger partial charge in [-0.2, -0.15) is 0 Å². The van der Waals surface area contributed by atoms with Crippen molar-refractivity contribution >= 4 is 67.7 Å². The van der Waals surface area contributed by atoms with Gasteiger partial charge in [0.2, 0.25) is 0 Å². The van der Waals surface area contributed by atoms with E-state index in [2.05, 4.69) is 0 Å². The topological polar surface area (TPSA) is 9.23 Å². The molecule has 8 aromatic carbocycles. The van der Waals surface area contributed by atoms with Crippen LogP contribution in [0.15, 0.2) is 60.7 Å². The van der Waals surface area contributed by atoms with E-state index in [-0.39, 0.29) is 38.4 Å². The van der Waals surface area contributed by atoms with E-state index < -0.39 is 168 Å². The van der Waals surface area contributed by atoms with E-state index in [9.17, 15) is 52.7 Å². The van der Waals surface area contributed by atoms with Gasteiger partial charge in [0.05, 0.1) is 0 Å². The summed E-state index contributed by atoms with van der Waals surface area (Å²) < 4.78 is 303. The predicted octanol–water partition coefficient (Wildman–Crippen LogP) is 9.58. The maximum atomic E-state index is 15.5. The molecule has 338 valence electrons. The molecule has 0 N–H and O–H groups in total. The second-order valence-electron chi connectivity index (χ2n) is 14.7. The Morgan fingerprint density at radius 3 is 1.01 bits per heavy atom. The van der Waals surface area contributed by atoms with Crippen molar-refractivity contribution < 1.29 is 92.5 Å². The largest absolute Gasteiger partial charge is 0.456 e. The third kappa shape index (κ3) is 6.36. The van der Waals surface area contributed by atoms with Crippen LogP contribution in [0.3, 0.4) is 0 Å². The number of hydrogen-bond acceptors (Lipinski definition) is 1. The van der Waals surface area contributed by atoms with Gasteiger partial charge >= 0.3 is 0 Å². The molecule has 0 spiro atoms. The van der Waals surface area contributed by atoms with Crippen LogP contribution in [-0.4, -0.2) is 13.4 Å². The zero-order valence-corrected chi connectivity index (χ0v) is 31.9. The first-order valence-electron chi connectivity index (χ1n) is 18.5. The Balaban J connectivity index is 1.28. The van der Waals surface area contributed by atoms with Crippen LogP contribution in [0.1, 0.15) is 0 Å². The second kappa shape index (κ2) is 15.7. The molecule has 0 atom stereocenters. The van der Waals surface area contributed by atoms with Crippen molar-refractivity contribution in [2.75, 3.05) is 0 Å². The summed E-state index contributed by atoms with van der Waals surface area (Å²) in [6.45, 7) is -5.94. The highest BCUT2D eigenvalue weighted by atomic mass is 19.2. The summed E-state index contributed by atoms with van der Waals surface area (Å²) in [4.78, 5) is 0. The van der Waals surface area contributed by atoms with Gasteiger partial charge in [-0.25, -0.2) is 87.8 Å². The van der Waals surface area contributed by atoms with E-state index in [1.54, 1.807) is 0 Å². The van der Waals surface area contributed by atoms with E-state index in [1.165, 1.54) is 24.3 Å². The highest BCUT2D eigenvalue weighted by Crippen LogP contribution is 2.48. The molecule has 0 aliphatic carbocycles. The van der Waals surface area contributed by atoms with Crippen molar-refractivity contribution in [1.82, 2.24) is 0 Å². The Morgan fingerprint density at radius 2 is 0.627 bits per heavy atom. The van der Waals surface area contributed by atoms with Gasteiger partial charge in [0, 0.05) is 32.8 Å². The lowest BCUT2D eigenvalue weighted by Gasteiger charge is -2.25. The smallest absolute Gasteiger partial charge is 0.257 e. The van der Waals surface area contributed by atoms with Crippen molar-refractivity contribution in [3.8, 4) is 22.6 Å². The van der Waals surface area contributed by atoms with Gasteiger partial charge in [0.15, 0.2) is 116 Å². The number of halogens is 20. The molecule has 67 heavy (non-hydrogen) atoms. The van der Waals surface area contributed by atoms with Crippen LogP contribution in [0.25, 0.3) is 32.7 Å². The van der Waals surface area contributed by atoms with Gasteiger partial charge in [-0.3, -0.25) is 0 Å². The van der Waals surface area contributed by atoms with E-state index in [1.807, 2.05) is 0 Å². The molecule has 1 aliphatic rings. The lowest BCUT2D eigenvalue weighted by atomic mass is 9.36. The highest BCUT2D eigenvalue weighted by Gasteiger charge is 2.43. The molecule has 0 fully saturated rings. The summed E-state index contributed by atoms with van der Waals surface area (Å²) in [5, 5.41) is -0.0462. The van der Waals surface area contributed by atoms with Gasteiger partial charge in [0.25, 0.3) is 13.4 Å². The molecule has 0 saturated carbocycles. The Morgan fingerprint density at radius 1 is 0.284 bits per heavy atom. The first kappa shape index (κ1) is 45.0. The number of rotatable bonds is 6. The van der Waals surface area contributed by atoms with Gasteiger partial charge < -0.3 is 4.74 Å². The van der Waals surface area contributed by atoms with Crippen LogP contribution in [-0.2, 0) is 0 Å². The van der Waals surface area contributed by atoms with E-state index in [0.717, 1.165) is 30.3 Å². The van der Waals surface area contributed by atoms with Gasteiger partial charge in [0.1, 0.15) is 11.5 Å². The summed E-state index contributed by atoms with van der Waals surface area (Å²) in [7, 11) is 0. The molecule has 8 aromatic rings. The standard InChI is InChI=1S/C44H10B2F20O/c47-25-21(26(48)34(56)41(63)33(25)55)45(22-27(49)35(57)42(64)36(58)28(22)50)12-5-4-11-8-17-14-7-6-13(10-19(14)67-18-3-1-2-15(20(17)18)16(11)9-12)46(23-29(51)37(59)43(65)38(60)30(23)52)24-31(53)39(61)44(66)40(62)32(24)54/h1-10H.